The maximum absolute atomic E-state index is 11.8. The van der Waals surface area contributed by atoms with Crippen LogP contribution >= 0.6 is 0 Å². The third-order valence-corrected chi connectivity index (χ3v) is 3.50. The number of carbonyl (C=O) groups is 1. The average molecular weight is 262 g/mol. The minimum atomic E-state index is 0.110. The minimum Gasteiger partial charge on any atom is -0.491 e. The molecule has 1 heterocycles. The van der Waals surface area contributed by atoms with E-state index in [9.17, 15) is 4.79 Å². The summed E-state index contributed by atoms with van der Waals surface area (Å²) in [7, 11) is 1.81. The average Bonchev–Trinajstić information content (AvgIpc) is 2.56. The summed E-state index contributed by atoms with van der Waals surface area (Å²) in [4.78, 5) is 13.5. The van der Waals surface area contributed by atoms with E-state index in [4.69, 9.17) is 10.5 Å². The van der Waals surface area contributed by atoms with E-state index in [0.717, 1.165) is 43.7 Å². The molecule has 0 aliphatic carbocycles. The fourth-order valence-electron chi connectivity index (χ4n) is 2.30. The van der Waals surface area contributed by atoms with Crippen LogP contribution in [0.4, 0.5) is 5.69 Å². The van der Waals surface area contributed by atoms with Crippen molar-refractivity contribution in [2.45, 2.75) is 32.1 Å². The van der Waals surface area contributed by atoms with E-state index in [1.165, 1.54) is 5.56 Å². The van der Waals surface area contributed by atoms with Gasteiger partial charge in [0.1, 0.15) is 5.75 Å². The molecule has 1 aromatic carbocycles. The standard InChI is InChI=1S/C15H22N2O2/c1-17-13-11-12(5-3-2-4-9-16)6-7-14(13)19-10-8-15(17)18/h6-7,11H,2-5,8-10,16H2,1H3. The molecule has 0 atom stereocenters. The van der Waals surface area contributed by atoms with Crippen LogP contribution in [0, 0.1) is 0 Å². The normalized spacial score (nSPS) is 14.8. The molecule has 0 fully saturated rings. The fourth-order valence-corrected chi connectivity index (χ4v) is 2.30. The first-order chi connectivity index (χ1) is 9.22. The highest BCUT2D eigenvalue weighted by Crippen LogP contribution is 2.31. The summed E-state index contributed by atoms with van der Waals surface area (Å²) in [6.07, 6.45) is 4.83. The van der Waals surface area contributed by atoms with Crippen LogP contribution in [0.5, 0.6) is 5.75 Å². The van der Waals surface area contributed by atoms with Crippen LogP contribution in [0.25, 0.3) is 0 Å². The highest BCUT2D eigenvalue weighted by molar-refractivity contribution is 5.95. The van der Waals surface area contributed by atoms with Crippen LogP contribution < -0.4 is 15.4 Å². The molecule has 1 amide bonds. The van der Waals surface area contributed by atoms with Gasteiger partial charge < -0.3 is 15.4 Å². The van der Waals surface area contributed by atoms with Crippen molar-refractivity contribution in [1.29, 1.82) is 0 Å². The smallest absolute Gasteiger partial charge is 0.230 e. The lowest BCUT2D eigenvalue weighted by Gasteiger charge is -2.17. The van der Waals surface area contributed by atoms with Crippen molar-refractivity contribution in [3.63, 3.8) is 0 Å². The third kappa shape index (κ3) is 3.47. The van der Waals surface area contributed by atoms with Crippen molar-refractivity contribution in [3.8, 4) is 5.75 Å². The largest absolute Gasteiger partial charge is 0.491 e. The first kappa shape index (κ1) is 13.9. The number of aryl methyl sites for hydroxylation is 1. The Labute approximate surface area is 114 Å². The fraction of sp³-hybridized carbons (Fsp3) is 0.533. The van der Waals surface area contributed by atoms with Gasteiger partial charge in [0.25, 0.3) is 0 Å². The summed E-state index contributed by atoms with van der Waals surface area (Å²) >= 11 is 0. The third-order valence-electron chi connectivity index (χ3n) is 3.50. The Bertz CT molecular complexity index is 446. The molecule has 19 heavy (non-hydrogen) atoms. The molecule has 4 heteroatoms. The van der Waals surface area contributed by atoms with E-state index in [2.05, 4.69) is 12.1 Å². The lowest BCUT2D eigenvalue weighted by molar-refractivity contribution is -0.118. The zero-order valence-electron chi connectivity index (χ0n) is 11.5. The van der Waals surface area contributed by atoms with Gasteiger partial charge in [0.2, 0.25) is 5.91 Å². The first-order valence-electron chi connectivity index (χ1n) is 6.94. The van der Waals surface area contributed by atoms with Crippen molar-refractivity contribution >= 4 is 11.6 Å². The van der Waals surface area contributed by atoms with E-state index < -0.39 is 0 Å². The zero-order chi connectivity index (χ0) is 13.7. The molecular formula is C15H22N2O2. The Kier molecular flexibility index (Phi) is 4.80. The number of unbranched alkanes of at least 4 members (excludes halogenated alkanes) is 2. The highest BCUT2D eigenvalue weighted by atomic mass is 16.5. The van der Waals surface area contributed by atoms with Crippen molar-refractivity contribution in [3.05, 3.63) is 23.8 Å². The summed E-state index contributed by atoms with van der Waals surface area (Å²) in [6, 6.07) is 6.13. The molecule has 0 saturated carbocycles. The van der Waals surface area contributed by atoms with Crippen LogP contribution in [0.1, 0.15) is 31.2 Å². The number of hydrogen-bond donors (Lipinski definition) is 1. The monoisotopic (exact) mass is 262 g/mol. The van der Waals surface area contributed by atoms with Crippen molar-refractivity contribution in [1.82, 2.24) is 0 Å². The molecule has 1 aliphatic rings. The molecule has 2 N–H and O–H groups in total. The van der Waals surface area contributed by atoms with Crippen LogP contribution in [0.15, 0.2) is 18.2 Å². The summed E-state index contributed by atoms with van der Waals surface area (Å²) in [5.41, 5.74) is 7.63. The SMILES string of the molecule is CN1C(=O)CCOc2ccc(CCCCCN)cc21. The minimum absolute atomic E-state index is 0.110. The van der Waals surface area contributed by atoms with Gasteiger partial charge in [0.15, 0.2) is 0 Å². The van der Waals surface area contributed by atoms with E-state index in [1.54, 1.807) is 4.90 Å². The number of amides is 1. The molecule has 0 radical (unpaired) electrons. The Morgan fingerprint density at radius 2 is 2.16 bits per heavy atom. The number of nitrogens with two attached hydrogens (primary N) is 1. The lowest BCUT2D eigenvalue weighted by Crippen LogP contribution is -2.25. The molecule has 0 bridgehead atoms. The van der Waals surface area contributed by atoms with Gasteiger partial charge in [-0.15, -0.1) is 0 Å². The maximum Gasteiger partial charge on any atom is 0.230 e. The number of ether oxygens (including phenoxy) is 1. The van der Waals surface area contributed by atoms with Gasteiger partial charge in [0.05, 0.1) is 18.7 Å². The second-order valence-corrected chi connectivity index (χ2v) is 4.95. The predicted molar refractivity (Wildman–Crippen MR) is 76.6 cm³/mol. The van der Waals surface area contributed by atoms with Crippen molar-refractivity contribution in [2.24, 2.45) is 5.73 Å². The van der Waals surface area contributed by atoms with Gasteiger partial charge in [-0.05, 0) is 43.5 Å². The predicted octanol–water partition coefficient (Wildman–Crippen LogP) is 2.10. The summed E-state index contributed by atoms with van der Waals surface area (Å²) < 4.78 is 5.61. The summed E-state index contributed by atoms with van der Waals surface area (Å²) in [5.74, 6) is 0.915. The summed E-state index contributed by atoms with van der Waals surface area (Å²) in [6.45, 7) is 1.22. The van der Waals surface area contributed by atoms with Gasteiger partial charge in [-0.25, -0.2) is 0 Å². The lowest BCUT2D eigenvalue weighted by atomic mass is 10.1. The maximum atomic E-state index is 11.8. The zero-order valence-corrected chi connectivity index (χ0v) is 11.5. The van der Waals surface area contributed by atoms with Crippen LogP contribution in [-0.4, -0.2) is 26.1 Å². The Hall–Kier alpha value is -1.55. The Balaban J connectivity index is 2.08. The second kappa shape index (κ2) is 6.57. The molecule has 2 rings (SSSR count). The number of nitrogens with zero attached hydrogens (tertiary/aromatic N) is 1. The first-order valence-corrected chi connectivity index (χ1v) is 6.94. The number of rotatable bonds is 5. The molecule has 0 spiro atoms. The van der Waals surface area contributed by atoms with Crippen molar-refractivity contribution in [2.75, 3.05) is 25.1 Å². The number of fused-ring (bicyclic) bond motifs is 1. The van der Waals surface area contributed by atoms with Gasteiger partial charge in [-0.3, -0.25) is 4.79 Å². The molecule has 0 unspecified atom stereocenters. The molecule has 1 aliphatic heterocycles. The molecular weight excluding hydrogens is 240 g/mol. The molecule has 1 aromatic rings. The van der Waals surface area contributed by atoms with Gasteiger partial charge in [0, 0.05) is 7.05 Å². The quantitative estimate of drug-likeness (QED) is 0.827. The topological polar surface area (TPSA) is 55.6 Å². The van der Waals surface area contributed by atoms with Crippen LogP contribution in [-0.2, 0) is 11.2 Å². The number of hydrogen-bond acceptors (Lipinski definition) is 3. The molecule has 0 aromatic heterocycles. The van der Waals surface area contributed by atoms with E-state index >= 15 is 0 Å². The number of carbonyl (C=O) groups excluding carboxylic acids is 1. The Morgan fingerprint density at radius 1 is 1.32 bits per heavy atom. The number of benzene rings is 1. The van der Waals surface area contributed by atoms with Crippen LogP contribution in [0.3, 0.4) is 0 Å². The molecule has 104 valence electrons. The van der Waals surface area contributed by atoms with E-state index in [1.807, 2.05) is 13.1 Å². The van der Waals surface area contributed by atoms with E-state index in [0.29, 0.717) is 13.0 Å². The summed E-state index contributed by atoms with van der Waals surface area (Å²) in [5, 5.41) is 0. The van der Waals surface area contributed by atoms with Gasteiger partial charge in [-0.1, -0.05) is 12.5 Å². The van der Waals surface area contributed by atoms with Gasteiger partial charge >= 0.3 is 0 Å². The van der Waals surface area contributed by atoms with Crippen molar-refractivity contribution < 1.29 is 9.53 Å². The Morgan fingerprint density at radius 3 is 2.95 bits per heavy atom. The van der Waals surface area contributed by atoms with Crippen LogP contribution in [0.2, 0.25) is 0 Å². The second-order valence-electron chi connectivity index (χ2n) is 4.95. The number of anilines is 1. The highest BCUT2D eigenvalue weighted by Gasteiger charge is 2.19. The van der Waals surface area contributed by atoms with Gasteiger partial charge in [-0.2, -0.15) is 0 Å². The van der Waals surface area contributed by atoms with E-state index in [-0.39, 0.29) is 5.91 Å². The molecule has 0 saturated heterocycles. The molecule has 4 nitrogen and oxygen atoms in total.